The summed E-state index contributed by atoms with van der Waals surface area (Å²) >= 11 is 0. The molecule has 1 atom stereocenters. The van der Waals surface area contributed by atoms with Crippen LogP contribution in [0, 0.1) is 6.92 Å². The molecule has 0 fully saturated rings. The minimum Gasteiger partial charge on any atom is -0.382 e. The molecule has 1 aliphatic heterocycles. The van der Waals surface area contributed by atoms with Crippen molar-refractivity contribution in [3.05, 3.63) is 76.8 Å². The first-order chi connectivity index (χ1) is 16.5. The molecule has 7 heteroatoms. The van der Waals surface area contributed by atoms with Crippen LogP contribution in [-0.4, -0.2) is 40.8 Å². The second-order valence-corrected chi connectivity index (χ2v) is 8.47. The van der Waals surface area contributed by atoms with Gasteiger partial charge in [0.05, 0.1) is 11.6 Å². The molecule has 0 saturated carbocycles. The molecular weight excluding hydrogens is 428 g/mol. The highest BCUT2D eigenvalue weighted by Gasteiger charge is 2.35. The molecule has 0 saturated heterocycles. The molecule has 0 aliphatic carbocycles. The summed E-state index contributed by atoms with van der Waals surface area (Å²) < 4.78 is 11.2. The van der Waals surface area contributed by atoms with Crippen LogP contribution >= 0.6 is 0 Å². The molecule has 0 bridgehead atoms. The number of ether oxygens (including phenoxy) is 1. The van der Waals surface area contributed by atoms with Gasteiger partial charge in [-0.25, -0.2) is 4.79 Å². The Hall–Kier alpha value is -3.45. The summed E-state index contributed by atoms with van der Waals surface area (Å²) in [4.78, 5) is 19.6. The van der Waals surface area contributed by atoms with Crippen molar-refractivity contribution < 1.29 is 14.1 Å². The van der Waals surface area contributed by atoms with E-state index in [2.05, 4.69) is 41.7 Å². The summed E-state index contributed by atoms with van der Waals surface area (Å²) in [6, 6.07) is 15.8. The van der Waals surface area contributed by atoms with Gasteiger partial charge in [-0.05, 0) is 50.8 Å². The fourth-order valence-electron chi connectivity index (χ4n) is 4.23. The van der Waals surface area contributed by atoms with Crippen molar-refractivity contribution in [2.75, 3.05) is 19.8 Å². The molecule has 2 heterocycles. The average Bonchev–Trinajstić information content (AvgIpc) is 3.33. The second kappa shape index (κ2) is 10.7. The molecule has 1 unspecified atom stereocenters. The number of rotatable bonds is 9. The van der Waals surface area contributed by atoms with Crippen LogP contribution < -0.4 is 5.32 Å². The standard InChI is InChI=1S/C27H32N4O3/c1-5-20-11-13-21(14-12-20)24-23(19(4)31(27(32)28-24)15-8-16-33-6-2)26-29-25(30-34-26)22-10-7-9-18(3)17-22/h7,9-14,17,24H,5-6,8,15-16H2,1-4H3,(H,28,32). The predicted molar refractivity (Wildman–Crippen MR) is 132 cm³/mol. The van der Waals surface area contributed by atoms with Gasteiger partial charge in [-0.2, -0.15) is 4.98 Å². The smallest absolute Gasteiger partial charge is 0.322 e. The number of aromatic nitrogens is 2. The summed E-state index contributed by atoms with van der Waals surface area (Å²) in [6.07, 6.45) is 1.69. The maximum atomic E-state index is 13.1. The zero-order valence-electron chi connectivity index (χ0n) is 20.3. The fourth-order valence-corrected chi connectivity index (χ4v) is 4.23. The Bertz CT molecular complexity index is 1170. The molecule has 1 aromatic heterocycles. The van der Waals surface area contributed by atoms with Crippen LogP contribution in [0.1, 0.15) is 55.8 Å². The van der Waals surface area contributed by atoms with Gasteiger partial charge in [-0.15, -0.1) is 0 Å². The monoisotopic (exact) mass is 460 g/mol. The molecule has 2 amide bonds. The maximum absolute atomic E-state index is 13.1. The van der Waals surface area contributed by atoms with Gasteiger partial charge in [-0.1, -0.05) is 60.1 Å². The zero-order valence-corrected chi connectivity index (χ0v) is 20.3. The summed E-state index contributed by atoms with van der Waals surface area (Å²) in [6.45, 7) is 9.86. The van der Waals surface area contributed by atoms with Gasteiger partial charge in [0.15, 0.2) is 0 Å². The Morgan fingerprint density at radius 3 is 2.62 bits per heavy atom. The molecule has 2 aromatic carbocycles. The maximum Gasteiger partial charge on any atom is 0.322 e. The summed E-state index contributed by atoms with van der Waals surface area (Å²) in [5.74, 6) is 0.937. The van der Waals surface area contributed by atoms with Gasteiger partial charge in [0.2, 0.25) is 5.82 Å². The van der Waals surface area contributed by atoms with E-state index in [1.54, 1.807) is 4.90 Å². The van der Waals surface area contributed by atoms with E-state index in [1.807, 2.05) is 45.0 Å². The average molecular weight is 461 g/mol. The Morgan fingerprint density at radius 2 is 1.91 bits per heavy atom. The number of urea groups is 1. The molecule has 178 valence electrons. The molecule has 7 nitrogen and oxygen atoms in total. The van der Waals surface area contributed by atoms with Crippen molar-refractivity contribution in [3.63, 3.8) is 0 Å². The second-order valence-electron chi connectivity index (χ2n) is 8.47. The Labute approximate surface area is 200 Å². The van der Waals surface area contributed by atoms with Crippen molar-refractivity contribution in [3.8, 4) is 11.4 Å². The molecule has 1 aliphatic rings. The van der Waals surface area contributed by atoms with Gasteiger partial charge >= 0.3 is 6.03 Å². The molecule has 1 N–H and O–H groups in total. The SMILES string of the molecule is CCOCCCN1C(=O)NC(c2ccc(CC)cc2)C(c2nc(-c3cccc(C)c3)no2)=C1C. The Morgan fingerprint density at radius 1 is 1.12 bits per heavy atom. The molecule has 4 rings (SSSR count). The van der Waals surface area contributed by atoms with Crippen LogP contribution in [0.2, 0.25) is 0 Å². The van der Waals surface area contributed by atoms with Gasteiger partial charge in [0, 0.05) is 31.0 Å². The highest BCUT2D eigenvalue weighted by atomic mass is 16.5. The van der Waals surface area contributed by atoms with Gasteiger partial charge in [-0.3, -0.25) is 4.90 Å². The number of nitrogens with zero attached hydrogens (tertiary/aromatic N) is 3. The molecule has 0 spiro atoms. The van der Waals surface area contributed by atoms with Gasteiger partial charge in [0.1, 0.15) is 0 Å². The van der Waals surface area contributed by atoms with Crippen molar-refractivity contribution in [1.82, 2.24) is 20.4 Å². The number of aryl methyl sites for hydroxylation is 2. The van der Waals surface area contributed by atoms with Crippen molar-refractivity contribution in [2.45, 2.75) is 46.6 Å². The topological polar surface area (TPSA) is 80.5 Å². The van der Waals surface area contributed by atoms with Gasteiger partial charge in [0.25, 0.3) is 5.89 Å². The van der Waals surface area contributed by atoms with Crippen LogP contribution in [-0.2, 0) is 11.2 Å². The van der Waals surface area contributed by atoms with Crippen LogP contribution in [0.3, 0.4) is 0 Å². The lowest BCUT2D eigenvalue weighted by molar-refractivity contribution is 0.136. The van der Waals surface area contributed by atoms with E-state index in [-0.39, 0.29) is 12.1 Å². The van der Waals surface area contributed by atoms with Crippen molar-refractivity contribution in [1.29, 1.82) is 0 Å². The summed E-state index contributed by atoms with van der Waals surface area (Å²) in [7, 11) is 0. The van der Waals surface area contributed by atoms with Crippen molar-refractivity contribution >= 4 is 11.6 Å². The number of hydrogen-bond acceptors (Lipinski definition) is 5. The summed E-state index contributed by atoms with van der Waals surface area (Å²) in [5, 5.41) is 7.41. The summed E-state index contributed by atoms with van der Waals surface area (Å²) in [5.41, 5.74) is 5.86. The molecule has 3 aromatic rings. The van der Waals surface area contributed by atoms with Crippen LogP contribution in [0.15, 0.2) is 58.8 Å². The van der Waals surface area contributed by atoms with E-state index in [1.165, 1.54) is 5.56 Å². The van der Waals surface area contributed by atoms with Gasteiger partial charge < -0.3 is 14.6 Å². The lowest BCUT2D eigenvalue weighted by Crippen LogP contribution is -2.46. The first-order valence-corrected chi connectivity index (χ1v) is 11.9. The quantitative estimate of drug-likeness (QED) is 0.425. The minimum absolute atomic E-state index is 0.138. The van der Waals surface area contributed by atoms with Crippen LogP contribution in [0.25, 0.3) is 17.0 Å². The van der Waals surface area contributed by atoms with E-state index < -0.39 is 0 Å². The van der Waals surface area contributed by atoms with Crippen molar-refractivity contribution in [2.24, 2.45) is 0 Å². The normalized spacial score (nSPS) is 16.2. The number of amides is 2. The van der Waals surface area contributed by atoms with E-state index in [0.29, 0.717) is 31.5 Å². The first kappa shape index (κ1) is 23.7. The number of hydrogen-bond donors (Lipinski definition) is 1. The van der Waals surface area contributed by atoms with E-state index >= 15 is 0 Å². The number of carbonyl (C=O) groups excluding carboxylic acids is 1. The number of nitrogens with one attached hydrogen (secondary N) is 1. The van der Waals surface area contributed by atoms with E-state index in [0.717, 1.165) is 40.8 Å². The third-order valence-corrected chi connectivity index (χ3v) is 6.12. The van der Waals surface area contributed by atoms with Crippen LogP contribution in [0.5, 0.6) is 0 Å². The largest absolute Gasteiger partial charge is 0.382 e. The number of allylic oxidation sites excluding steroid dienone is 1. The van der Waals surface area contributed by atoms with E-state index in [4.69, 9.17) is 14.2 Å². The third-order valence-electron chi connectivity index (χ3n) is 6.12. The first-order valence-electron chi connectivity index (χ1n) is 11.9. The molecule has 34 heavy (non-hydrogen) atoms. The predicted octanol–water partition coefficient (Wildman–Crippen LogP) is 5.53. The molecule has 0 radical (unpaired) electrons. The molecular formula is C27H32N4O3. The number of benzene rings is 2. The highest BCUT2D eigenvalue weighted by Crippen LogP contribution is 2.37. The Balaban J connectivity index is 1.73. The fraction of sp³-hybridized carbons (Fsp3) is 0.370. The highest BCUT2D eigenvalue weighted by molar-refractivity contribution is 5.86. The lowest BCUT2D eigenvalue weighted by atomic mass is 9.93. The lowest BCUT2D eigenvalue weighted by Gasteiger charge is -2.35. The Kier molecular flexibility index (Phi) is 7.43. The third kappa shape index (κ3) is 5.04. The zero-order chi connectivity index (χ0) is 24.1. The minimum atomic E-state index is -0.382. The van der Waals surface area contributed by atoms with Crippen LogP contribution in [0.4, 0.5) is 4.79 Å². The van der Waals surface area contributed by atoms with E-state index in [9.17, 15) is 4.79 Å². The number of carbonyl (C=O) groups is 1.